The molecule has 23 heteroatoms. The summed E-state index contributed by atoms with van der Waals surface area (Å²) in [5.74, 6) is -3.45. The monoisotopic (exact) mass is 862 g/mol. The first-order valence-electron chi connectivity index (χ1n) is 17.7. The van der Waals surface area contributed by atoms with Crippen LogP contribution in [0.15, 0.2) is 24.3 Å². The minimum atomic E-state index is -5.08. The van der Waals surface area contributed by atoms with Crippen molar-refractivity contribution < 1.29 is 68.9 Å². The number of carbonyl (C=O) groups is 4. The molecule has 3 aliphatic rings. The number of imidazole rings is 1. The molecule has 5 rings (SSSR count). The zero-order valence-corrected chi connectivity index (χ0v) is 32.7. The fourth-order valence-electron chi connectivity index (χ4n) is 7.13. The minimum Gasteiger partial charge on any atom is -0.475 e. The minimum absolute atomic E-state index is 0.00111. The van der Waals surface area contributed by atoms with Crippen molar-refractivity contribution in [3.63, 3.8) is 0 Å². The van der Waals surface area contributed by atoms with Crippen molar-refractivity contribution in [2.24, 2.45) is 23.7 Å². The molecule has 0 bridgehead atoms. The summed E-state index contributed by atoms with van der Waals surface area (Å²) in [4.78, 5) is 53.6. The third-order valence-electron chi connectivity index (χ3n) is 10.0. The number of sulfonamides is 1. The first kappa shape index (κ1) is 47.2. The number of aromatic nitrogens is 2. The summed E-state index contributed by atoms with van der Waals surface area (Å²) < 4.78 is 93.9. The second-order valence-electron chi connectivity index (χ2n) is 13.9. The molecule has 2 aliphatic heterocycles. The SMILES string of the molecule is CNCC1CCC(C(=O)N2C[C@@H](C3CCN(S(C)(=O)=O)CC3)C[C@H]2c2nc(-c3ccc(NC(=O)OC)cc3)c(Cl)[nH]2)CC1.O=C(O)C(F)(F)F.O=C(O)C(F)(F)F. The highest BCUT2D eigenvalue weighted by Gasteiger charge is 2.44. The van der Waals surface area contributed by atoms with Crippen LogP contribution in [0.2, 0.25) is 5.15 Å². The van der Waals surface area contributed by atoms with Gasteiger partial charge >= 0.3 is 30.4 Å². The summed E-state index contributed by atoms with van der Waals surface area (Å²) in [6.07, 6.45) is -3.24. The molecule has 1 saturated carbocycles. The molecule has 0 unspecified atom stereocenters. The van der Waals surface area contributed by atoms with Crippen molar-refractivity contribution in [1.82, 2.24) is 24.5 Å². The molecule has 3 heterocycles. The van der Waals surface area contributed by atoms with Crippen molar-refractivity contribution in [1.29, 1.82) is 0 Å². The number of methoxy groups -OCH3 is 1. The number of amides is 2. The molecular formula is C34H45ClF6N6O9S. The number of nitrogens with one attached hydrogen (secondary N) is 3. The van der Waals surface area contributed by atoms with Crippen molar-refractivity contribution in [3.05, 3.63) is 35.2 Å². The van der Waals surface area contributed by atoms with E-state index in [-0.39, 0.29) is 23.8 Å². The number of halogens is 7. The lowest BCUT2D eigenvalue weighted by molar-refractivity contribution is -0.193. The molecule has 1 aromatic carbocycles. The van der Waals surface area contributed by atoms with Gasteiger partial charge in [-0.15, -0.1) is 0 Å². The summed E-state index contributed by atoms with van der Waals surface area (Å²) in [6, 6.07) is 6.94. The Kier molecular flexibility index (Phi) is 16.6. The highest BCUT2D eigenvalue weighted by molar-refractivity contribution is 7.88. The van der Waals surface area contributed by atoms with Gasteiger partial charge < -0.3 is 30.2 Å². The average Bonchev–Trinajstić information content (AvgIpc) is 3.76. The standard InChI is InChI=1S/C30H43ClN6O5S.2C2HF3O2/c1-32-17-19-4-6-22(7-5-19)29(38)37-18-23(20-12-14-36(15-13-20)43(3,40)41)16-25(37)28-34-26(27(31)35-28)21-8-10-24(11-9-21)33-30(39)42-2;2*3-2(4,5)1(6)7/h8-11,19-20,22-23,25,32H,4-7,12-18H2,1-3H3,(H,33,39)(H,34,35);2*(H,6,7)/t19?,22?,23-,25-;;/m0../s1. The summed E-state index contributed by atoms with van der Waals surface area (Å²) in [6.45, 7) is 2.66. The number of benzene rings is 1. The van der Waals surface area contributed by atoms with Gasteiger partial charge in [0.25, 0.3) is 0 Å². The molecule has 1 aromatic heterocycles. The van der Waals surface area contributed by atoms with E-state index in [0.29, 0.717) is 53.8 Å². The topological polar surface area (TPSA) is 211 Å². The number of ether oxygens (including phenoxy) is 1. The van der Waals surface area contributed by atoms with Gasteiger partial charge in [-0.1, -0.05) is 23.7 Å². The number of piperidine rings is 1. The van der Waals surface area contributed by atoms with Crippen LogP contribution in [-0.4, -0.2) is 121 Å². The largest absolute Gasteiger partial charge is 0.490 e. The quantitative estimate of drug-likeness (QED) is 0.201. The fourth-order valence-corrected chi connectivity index (χ4v) is 8.25. The Hall–Kier alpha value is -4.15. The van der Waals surface area contributed by atoms with E-state index in [2.05, 4.69) is 20.4 Å². The molecule has 2 atom stereocenters. The Morgan fingerprint density at radius 2 is 1.46 bits per heavy atom. The van der Waals surface area contributed by atoms with Crippen molar-refractivity contribution in [2.45, 2.75) is 63.3 Å². The Balaban J connectivity index is 0.000000531. The van der Waals surface area contributed by atoms with Crippen LogP contribution in [0.3, 0.4) is 0 Å². The van der Waals surface area contributed by atoms with Gasteiger partial charge in [-0.2, -0.15) is 26.3 Å². The second-order valence-corrected chi connectivity index (χ2v) is 16.2. The van der Waals surface area contributed by atoms with Crippen molar-refractivity contribution >= 4 is 51.3 Å². The van der Waals surface area contributed by atoms with Crippen LogP contribution in [0.1, 0.15) is 56.8 Å². The van der Waals surface area contributed by atoms with Crippen LogP contribution in [0.25, 0.3) is 11.3 Å². The first-order chi connectivity index (χ1) is 26.5. The van der Waals surface area contributed by atoms with Crippen LogP contribution < -0.4 is 10.6 Å². The predicted molar refractivity (Wildman–Crippen MR) is 194 cm³/mol. The highest BCUT2D eigenvalue weighted by atomic mass is 35.5. The number of carboxylic acid groups (broad SMARTS) is 2. The third-order valence-corrected chi connectivity index (χ3v) is 11.6. The average molecular weight is 863 g/mol. The number of alkyl halides is 6. The normalized spacial score (nSPS) is 22.0. The molecular weight excluding hydrogens is 818 g/mol. The van der Waals surface area contributed by atoms with Gasteiger partial charge in [0.2, 0.25) is 15.9 Å². The number of H-pyrrole nitrogens is 1. The number of aliphatic carboxylic acids is 2. The first-order valence-corrected chi connectivity index (χ1v) is 19.9. The molecule has 3 fully saturated rings. The van der Waals surface area contributed by atoms with E-state index < -0.39 is 40.4 Å². The lowest BCUT2D eigenvalue weighted by atomic mass is 9.81. The Bertz CT molecular complexity index is 1770. The van der Waals surface area contributed by atoms with E-state index >= 15 is 0 Å². The van der Waals surface area contributed by atoms with Crippen molar-refractivity contribution in [2.75, 3.05) is 51.9 Å². The van der Waals surface area contributed by atoms with Gasteiger partial charge in [-0.25, -0.2) is 32.1 Å². The summed E-state index contributed by atoms with van der Waals surface area (Å²) in [5.41, 5.74) is 1.96. The van der Waals surface area contributed by atoms with E-state index in [4.69, 9.17) is 36.4 Å². The van der Waals surface area contributed by atoms with Crippen LogP contribution in [0, 0.1) is 23.7 Å². The lowest BCUT2D eigenvalue weighted by Crippen LogP contribution is -2.41. The summed E-state index contributed by atoms with van der Waals surface area (Å²) in [5, 5.41) is 20.6. The Morgan fingerprint density at radius 3 is 1.91 bits per heavy atom. The molecule has 2 saturated heterocycles. The molecule has 2 aromatic rings. The maximum atomic E-state index is 14.1. The van der Waals surface area contributed by atoms with Crippen LogP contribution in [0.4, 0.5) is 36.8 Å². The molecule has 15 nitrogen and oxygen atoms in total. The number of hydrogen-bond donors (Lipinski definition) is 5. The molecule has 57 heavy (non-hydrogen) atoms. The summed E-state index contributed by atoms with van der Waals surface area (Å²) in [7, 11) is 0.0796. The zero-order chi connectivity index (χ0) is 42.9. The van der Waals surface area contributed by atoms with Crippen LogP contribution >= 0.6 is 11.6 Å². The number of rotatable bonds is 8. The van der Waals surface area contributed by atoms with Gasteiger partial charge in [0.1, 0.15) is 16.7 Å². The van der Waals surface area contributed by atoms with Crippen molar-refractivity contribution in [3.8, 4) is 11.3 Å². The molecule has 5 N–H and O–H groups in total. The van der Waals surface area contributed by atoms with E-state index in [1.165, 1.54) is 13.4 Å². The summed E-state index contributed by atoms with van der Waals surface area (Å²) >= 11 is 6.69. The van der Waals surface area contributed by atoms with Crippen LogP contribution in [0.5, 0.6) is 0 Å². The maximum absolute atomic E-state index is 14.1. The van der Waals surface area contributed by atoms with Gasteiger partial charge in [0.15, 0.2) is 0 Å². The third kappa shape index (κ3) is 13.7. The van der Waals surface area contributed by atoms with Gasteiger partial charge in [-0.05, 0) is 88.4 Å². The van der Waals surface area contributed by atoms with E-state index in [1.54, 1.807) is 16.4 Å². The van der Waals surface area contributed by atoms with Gasteiger partial charge in [0, 0.05) is 36.8 Å². The number of carbonyl (C=O) groups excluding carboxylic acids is 2. The van der Waals surface area contributed by atoms with Gasteiger partial charge in [0.05, 0.1) is 19.4 Å². The maximum Gasteiger partial charge on any atom is 0.490 e. The number of nitrogens with zero attached hydrogens (tertiary/aromatic N) is 3. The number of aromatic amines is 1. The molecule has 320 valence electrons. The number of carboxylic acids is 2. The zero-order valence-electron chi connectivity index (χ0n) is 31.1. The van der Waals surface area contributed by atoms with E-state index in [0.717, 1.165) is 57.1 Å². The smallest absolute Gasteiger partial charge is 0.475 e. The van der Waals surface area contributed by atoms with Gasteiger partial charge in [-0.3, -0.25) is 10.1 Å². The van der Waals surface area contributed by atoms with E-state index in [1.807, 2.05) is 24.1 Å². The number of anilines is 1. The molecule has 0 spiro atoms. The predicted octanol–water partition coefficient (Wildman–Crippen LogP) is 5.76. The van der Waals surface area contributed by atoms with Crippen LogP contribution in [-0.2, 0) is 29.1 Å². The number of hydrogen-bond acceptors (Lipinski definition) is 9. The Morgan fingerprint density at radius 1 is 0.930 bits per heavy atom. The number of likely N-dealkylation sites (tertiary alicyclic amines) is 1. The van der Waals surface area contributed by atoms with E-state index in [9.17, 15) is 44.3 Å². The molecule has 1 aliphatic carbocycles. The highest BCUT2D eigenvalue weighted by Crippen LogP contribution is 2.44. The second kappa shape index (κ2) is 20.0. The Labute approximate surface area is 329 Å². The lowest BCUT2D eigenvalue weighted by Gasteiger charge is -2.34. The molecule has 2 amide bonds. The fraction of sp³-hybridized carbons (Fsp3) is 0.618. The molecule has 0 radical (unpaired) electrons.